The highest BCUT2D eigenvalue weighted by molar-refractivity contribution is 8.68. The number of carbonyl (C=O) groups is 2. The molecular formula is C10H20N2O2S2. The third-order valence-electron chi connectivity index (χ3n) is 2.11. The van der Waals surface area contributed by atoms with Gasteiger partial charge < -0.3 is 5.32 Å². The fourth-order valence-corrected chi connectivity index (χ4v) is 1.66. The van der Waals surface area contributed by atoms with E-state index in [0.717, 1.165) is 23.8 Å². The molecule has 0 rings (SSSR count). The Morgan fingerprint density at radius 3 is 2.44 bits per heavy atom. The molecule has 2 amide bonds. The minimum Gasteiger partial charge on any atom is -0.353 e. The Morgan fingerprint density at radius 1 is 1.31 bits per heavy atom. The van der Waals surface area contributed by atoms with Crippen LogP contribution in [0.2, 0.25) is 0 Å². The van der Waals surface area contributed by atoms with E-state index in [1.54, 1.807) is 0 Å². The molecule has 16 heavy (non-hydrogen) atoms. The molecule has 0 radical (unpaired) electrons. The van der Waals surface area contributed by atoms with Crippen molar-refractivity contribution in [3.8, 4) is 0 Å². The third kappa shape index (κ3) is 7.87. The van der Waals surface area contributed by atoms with Gasteiger partial charge in [-0.25, -0.2) is 0 Å². The van der Waals surface area contributed by atoms with E-state index in [4.69, 9.17) is 0 Å². The first kappa shape index (κ1) is 15.6. The van der Waals surface area contributed by atoms with Gasteiger partial charge in [0.25, 0.3) is 0 Å². The van der Waals surface area contributed by atoms with E-state index >= 15 is 0 Å². The number of rotatable bonds is 7. The predicted octanol–water partition coefficient (Wildman–Crippen LogP) is 1.93. The first-order chi connectivity index (χ1) is 7.47. The molecule has 0 saturated carbocycles. The average Bonchev–Trinajstić information content (AvgIpc) is 2.17. The summed E-state index contributed by atoms with van der Waals surface area (Å²) in [4.78, 5) is 22.4. The Bertz CT molecular complexity index is 235. The second-order valence-corrected chi connectivity index (χ2v) is 5.01. The lowest BCUT2D eigenvalue weighted by molar-refractivity contribution is -0.124. The summed E-state index contributed by atoms with van der Waals surface area (Å²) >= 11 is 3.82. The van der Waals surface area contributed by atoms with Gasteiger partial charge in [0.2, 0.25) is 11.8 Å². The maximum absolute atomic E-state index is 11.3. The van der Waals surface area contributed by atoms with E-state index in [1.807, 2.05) is 20.8 Å². The quantitative estimate of drug-likeness (QED) is 0.374. The Hall–Kier alpha value is -0.360. The first-order valence-corrected chi connectivity index (χ1v) is 7.23. The summed E-state index contributed by atoms with van der Waals surface area (Å²) in [6.45, 7) is 5.67. The van der Waals surface area contributed by atoms with Crippen LogP contribution in [-0.2, 0) is 9.59 Å². The third-order valence-corrected chi connectivity index (χ3v) is 2.71. The van der Waals surface area contributed by atoms with E-state index in [9.17, 15) is 9.59 Å². The molecule has 4 nitrogen and oxygen atoms in total. The molecule has 0 saturated heterocycles. The maximum Gasteiger partial charge on any atom is 0.230 e. The molecule has 0 aromatic rings. The molecule has 0 spiro atoms. The van der Waals surface area contributed by atoms with Crippen molar-refractivity contribution in [3.63, 3.8) is 0 Å². The van der Waals surface area contributed by atoms with Crippen LogP contribution in [0, 0.1) is 5.92 Å². The van der Waals surface area contributed by atoms with E-state index in [0.29, 0.717) is 6.42 Å². The highest BCUT2D eigenvalue weighted by atomic mass is 33.1. The van der Waals surface area contributed by atoms with Crippen molar-refractivity contribution in [2.75, 3.05) is 0 Å². The molecule has 6 heteroatoms. The molecule has 0 aliphatic carbocycles. The molecule has 1 unspecified atom stereocenters. The molecule has 0 fully saturated rings. The van der Waals surface area contributed by atoms with Crippen LogP contribution in [0.3, 0.4) is 0 Å². The molecule has 94 valence electrons. The van der Waals surface area contributed by atoms with Gasteiger partial charge in [0, 0.05) is 29.4 Å². The van der Waals surface area contributed by atoms with Crippen LogP contribution in [-0.4, -0.2) is 17.9 Å². The van der Waals surface area contributed by atoms with Crippen molar-refractivity contribution in [3.05, 3.63) is 0 Å². The summed E-state index contributed by atoms with van der Waals surface area (Å²) in [7, 11) is 1.01. The second kappa shape index (κ2) is 8.75. The standard InChI is InChI=1S/C10H20N2O2S2/c1-7(2)10(14)11-8(3)5-4-6-9(13)12-16-15/h7-8,15H,4-6H2,1-3H3,(H,11,14)(H,12,13). The molecule has 1 atom stereocenters. The Balaban J connectivity index is 3.62. The van der Waals surface area contributed by atoms with Crippen LogP contribution in [0.5, 0.6) is 0 Å². The zero-order chi connectivity index (χ0) is 12.6. The number of amides is 2. The summed E-state index contributed by atoms with van der Waals surface area (Å²) in [5, 5.41) is 2.89. The summed E-state index contributed by atoms with van der Waals surface area (Å²) in [5.41, 5.74) is 0. The zero-order valence-electron chi connectivity index (χ0n) is 9.95. The summed E-state index contributed by atoms with van der Waals surface area (Å²) in [6.07, 6.45) is 2.04. The Labute approximate surface area is 106 Å². The second-order valence-electron chi connectivity index (χ2n) is 4.07. The predicted molar refractivity (Wildman–Crippen MR) is 71.0 cm³/mol. The molecule has 2 N–H and O–H groups in total. The van der Waals surface area contributed by atoms with Gasteiger partial charge in [-0.1, -0.05) is 25.5 Å². The van der Waals surface area contributed by atoms with Gasteiger partial charge >= 0.3 is 0 Å². The van der Waals surface area contributed by atoms with Gasteiger partial charge in [-0.05, 0) is 19.8 Å². The van der Waals surface area contributed by atoms with E-state index in [2.05, 4.69) is 21.7 Å². The topological polar surface area (TPSA) is 58.2 Å². The van der Waals surface area contributed by atoms with Crippen molar-refractivity contribution in [1.82, 2.24) is 10.0 Å². The minimum atomic E-state index is -0.0256. The Kier molecular flexibility index (Phi) is 8.56. The Morgan fingerprint density at radius 2 is 1.94 bits per heavy atom. The van der Waals surface area contributed by atoms with Crippen molar-refractivity contribution in [2.24, 2.45) is 5.92 Å². The molecule has 0 heterocycles. The van der Waals surface area contributed by atoms with Gasteiger partial charge in [0.15, 0.2) is 0 Å². The van der Waals surface area contributed by atoms with E-state index in [1.165, 1.54) is 0 Å². The van der Waals surface area contributed by atoms with Gasteiger partial charge in [-0.3, -0.25) is 14.3 Å². The minimum absolute atomic E-state index is 0.00586. The number of thiol groups is 1. The fraction of sp³-hybridized carbons (Fsp3) is 0.800. The average molecular weight is 264 g/mol. The molecule has 0 aromatic heterocycles. The molecule has 0 aliphatic rings. The smallest absolute Gasteiger partial charge is 0.230 e. The molecule has 0 bridgehead atoms. The largest absolute Gasteiger partial charge is 0.353 e. The van der Waals surface area contributed by atoms with Crippen molar-refractivity contribution in [1.29, 1.82) is 0 Å². The van der Waals surface area contributed by atoms with Gasteiger partial charge in [0.1, 0.15) is 0 Å². The van der Waals surface area contributed by atoms with Crippen LogP contribution in [0.1, 0.15) is 40.0 Å². The number of hydrogen-bond donors (Lipinski definition) is 3. The van der Waals surface area contributed by atoms with Crippen molar-refractivity contribution >= 4 is 34.5 Å². The summed E-state index contributed by atoms with van der Waals surface area (Å²) in [5.74, 6) is 0.0385. The van der Waals surface area contributed by atoms with Crippen LogP contribution in [0.4, 0.5) is 0 Å². The molecule has 0 aliphatic heterocycles. The van der Waals surface area contributed by atoms with Gasteiger partial charge in [0.05, 0.1) is 0 Å². The normalized spacial score (nSPS) is 12.3. The number of hydrogen-bond acceptors (Lipinski definition) is 4. The summed E-state index contributed by atoms with van der Waals surface area (Å²) < 4.78 is 2.53. The SMILES string of the molecule is CC(CCCC(=O)NSS)NC(=O)C(C)C. The lowest BCUT2D eigenvalue weighted by Crippen LogP contribution is -2.35. The highest BCUT2D eigenvalue weighted by Crippen LogP contribution is 2.04. The number of carbonyl (C=O) groups excluding carboxylic acids is 2. The lowest BCUT2D eigenvalue weighted by Gasteiger charge is -2.15. The lowest BCUT2D eigenvalue weighted by atomic mass is 10.1. The van der Waals surface area contributed by atoms with Crippen LogP contribution in [0.15, 0.2) is 0 Å². The fourth-order valence-electron chi connectivity index (χ4n) is 1.15. The van der Waals surface area contributed by atoms with E-state index in [-0.39, 0.29) is 23.8 Å². The zero-order valence-corrected chi connectivity index (χ0v) is 11.7. The van der Waals surface area contributed by atoms with Crippen LogP contribution in [0.25, 0.3) is 0 Å². The van der Waals surface area contributed by atoms with E-state index < -0.39 is 0 Å². The van der Waals surface area contributed by atoms with Crippen molar-refractivity contribution < 1.29 is 9.59 Å². The summed E-state index contributed by atoms with van der Waals surface area (Å²) in [6, 6.07) is 0.117. The van der Waals surface area contributed by atoms with Gasteiger partial charge in [-0.2, -0.15) is 0 Å². The molecular weight excluding hydrogens is 244 g/mol. The van der Waals surface area contributed by atoms with Crippen molar-refractivity contribution in [2.45, 2.75) is 46.1 Å². The maximum atomic E-state index is 11.3. The van der Waals surface area contributed by atoms with Crippen LogP contribution >= 0.6 is 22.6 Å². The van der Waals surface area contributed by atoms with Crippen LogP contribution < -0.4 is 10.0 Å². The van der Waals surface area contributed by atoms with Gasteiger partial charge in [-0.15, -0.1) is 0 Å². The monoisotopic (exact) mass is 264 g/mol. The molecule has 0 aromatic carbocycles. The number of nitrogens with one attached hydrogen (secondary N) is 2. The first-order valence-electron chi connectivity index (χ1n) is 5.37. The highest BCUT2D eigenvalue weighted by Gasteiger charge is 2.10.